The van der Waals surface area contributed by atoms with Crippen LogP contribution in [0.15, 0.2) is 35.0 Å². The summed E-state index contributed by atoms with van der Waals surface area (Å²) in [5.41, 5.74) is 1.35. The molecule has 0 aliphatic rings. The zero-order valence-electron chi connectivity index (χ0n) is 13.6. The predicted octanol–water partition coefficient (Wildman–Crippen LogP) is 4.25. The molecule has 0 amide bonds. The molecule has 0 unspecified atom stereocenters. The van der Waals surface area contributed by atoms with E-state index >= 15 is 0 Å². The normalized spacial score (nSPS) is 10.9. The summed E-state index contributed by atoms with van der Waals surface area (Å²) < 4.78 is 12.3. The maximum absolute atomic E-state index is 11.5. The average molecular weight is 380 g/mol. The maximum Gasteiger partial charge on any atom is 0.307 e. The number of esters is 1. The lowest BCUT2D eigenvalue weighted by Gasteiger charge is -2.02. The largest absolute Gasteiger partial charge is 0.469 e. The van der Waals surface area contributed by atoms with Gasteiger partial charge in [-0.05, 0) is 19.1 Å². The third-order valence-corrected chi connectivity index (χ3v) is 4.43. The van der Waals surface area contributed by atoms with Crippen LogP contribution in [0.2, 0.25) is 10.0 Å². The highest BCUT2D eigenvalue weighted by Gasteiger charge is 2.19. The van der Waals surface area contributed by atoms with Crippen molar-refractivity contribution in [3.8, 4) is 17.3 Å². The van der Waals surface area contributed by atoms with E-state index in [2.05, 4.69) is 9.97 Å². The highest BCUT2D eigenvalue weighted by Crippen LogP contribution is 2.32. The molecular weight excluding hydrogens is 365 g/mol. The van der Waals surface area contributed by atoms with Gasteiger partial charge in [0.2, 0.25) is 0 Å². The van der Waals surface area contributed by atoms with Crippen molar-refractivity contribution in [3.63, 3.8) is 0 Å². The summed E-state index contributed by atoms with van der Waals surface area (Å²) in [6, 6.07) is 5.59. The first-order valence-corrected chi connectivity index (χ1v) is 8.27. The van der Waals surface area contributed by atoms with E-state index in [1.54, 1.807) is 35.2 Å². The van der Waals surface area contributed by atoms with Crippen LogP contribution in [0.5, 0.6) is 0 Å². The number of halogens is 2. The van der Waals surface area contributed by atoms with Crippen LogP contribution in [-0.4, -0.2) is 27.6 Å². The summed E-state index contributed by atoms with van der Waals surface area (Å²) >= 11 is 12.1. The Morgan fingerprint density at radius 1 is 1.32 bits per heavy atom. The summed E-state index contributed by atoms with van der Waals surface area (Å²) in [5.74, 6) is 0.977. The van der Waals surface area contributed by atoms with Gasteiger partial charge in [0.05, 0.1) is 23.6 Å². The number of hydrogen-bond donors (Lipinski definition) is 0. The number of methoxy groups -OCH3 is 1. The Kier molecular flexibility index (Phi) is 5.11. The van der Waals surface area contributed by atoms with E-state index in [9.17, 15) is 4.79 Å². The van der Waals surface area contributed by atoms with Crippen molar-refractivity contribution in [3.05, 3.63) is 52.2 Å². The van der Waals surface area contributed by atoms with E-state index in [0.29, 0.717) is 33.9 Å². The van der Waals surface area contributed by atoms with Crippen molar-refractivity contribution in [1.29, 1.82) is 0 Å². The van der Waals surface area contributed by atoms with Crippen LogP contribution in [0.4, 0.5) is 0 Å². The SMILES string of the molecule is COC(=O)CCc1oc(-n2ccnc2C)nc1-c1ccc(Cl)c(Cl)c1. The number of aromatic nitrogens is 3. The van der Waals surface area contributed by atoms with Gasteiger partial charge >= 0.3 is 12.0 Å². The Balaban J connectivity index is 2.04. The maximum atomic E-state index is 11.5. The fourth-order valence-electron chi connectivity index (χ4n) is 2.38. The summed E-state index contributed by atoms with van der Waals surface area (Å²) in [5, 5.41) is 0.872. The molecule has 0 fully saturated rings. The quantitative estimate of drug-likeness (QED) is 0.619. The Morgan fingerprint density at radius 3 is 2.76 bits per heavy atom. The molecule has 2 heterocycles. The van der Waals surface area contributed by atoms with Crippen LogP contribution < -0.4 is 0 Å². The second-order valence-corrected chi connectivity index (χ2v) is 6.13. The number of carbonyl (C=O) groups excluding carboxylic acids is 1. The summed E-state index contributed by atoms with van der Waals surface area (Å²) in [7, 11) is 1.35. The average Bonchev–Trinajstić information content (AvgIpc) is 3.21. The first kappa shape index (κ1) is 17.5. The van der Waals surface area contributed by atoms with Crippen molar-refractivity contribution >= 4 is 29.2 Å². The van der Waals surface area contributed by atoms with E-state index in [-0.39, 0.29) is 12.4 Å². The van der Waals surface area contributed by atoms with Crippen LogP contribution >= 0.6 is 23.2 Å². The number of oxazole rings is 1. The molecule has 25 heavy (non-hydrogen) atoms. The number of ether oxygens (including phenoxy) is 1. The molecule has 0 radical (unpaired) electrons. The number of imidazole rings is 1. The predicted molar refractivity (Wildman–Crippen MR) is 94.2 cm³/mol. The fraction of sp³-hybridized carbons (Fsp3) is 0.235. The molecule has 0 bridgehead atoms. The van der Waals surface area contributed by atoms with E-state index in [1.807, 2.05) is 6.92 Å². The van der Waals surface area contributed by atoms with Gasteiger partial charge in [0.1, 0.15) is 17.3 Å². The van der Waals surface area contributed by atoms with Crippen molar-refractivity contribution in [2.45, 2.75) is 19.8 Å². The molecule has 3 aromatic rings. The second kappa shape index (κ2) is 7.29. The smallest absolute Gasteiger partial charge is 0.307 e. The van der Waals surface area contributed by atoms with Gasteiger partial charge in [-0.25, -0.2) is 4.98 Å². The Morgan fingerprint density at radius 2 is 2.12 bits per heavy atom. The molecule has 0 aliphatic heterocycles. The van der Waals surface area contributed by atoms with Crippen LogP contribution in [-0.2, 0) is 16.0 Å². The van der Waals surface area contributed by atoms with E-state index in [0.717, 1.165) is 11.4 Å². The molecule has 0 saturated heterocycles. The van der Waals surface area contributed by atoms with Crippen LogP contribution in [0.3, 0.4) is 0 Å². The minimum atomic E-state index is -0.322. The minimum absolute atomic E-state index is 0.183. The number of hydrogen-bond acceptors (Lipinski definition) is 5. The zero-order chi connectivity index (χ0) is 18.0. The zero-order valence-corrected chi connectivity index (χ0v) is 15.1. The Bertz CT molecular complexity index is 918. The molecule has 130 valence electrons. The molecule has 0 saturated carbocycles. The molecule has 2 aromatic heterocycles. The van der Waals surface area contributed by atoms with Crippen molar-refractivity contribution in [2.75, 3.05) is 7.11 Å². The first-order chi connectivity index (χ1) is 12.0. The van der Waals surface area contributed by atoms with Gasteiger partial charge in [-0.2, -0.15) is 4.98 Å². The third-order valence-electron chi connectivity index (χ3n) is 3.69. The lowest BCUT2D eigenvalue weighted by molar-refractivity contribution is -0.140. The highest BCUT2D eigenvalue weighted by atomic mass is 35.5. The standard InChI is InChI=1S/C17H15Cl2N3O3/c1-10-20-7-8-22(10)17-21-16(11-3-4-12(18)13(19)9-11)14(25-17)5-6-15(23)24-2/h3-4,7-9H,5-6H2,1-2H3. The topological polar surface area (TPSA) is 70.2 Å². The number of rotatable bonds is 5. The Hall–Kier alpha value is -2.31. The van der Waals surface area contributed by atoms with Crippen molar-refractivity contribution in [1.82, 2.24) is 14.5 Å². The summed E-state index contributed by atoms with van der Waals surface area (Å²) in [4.78, 5) is 20.2. The lowest BCUT2D eigenvalue weighted by Crippen LogP contribution is -2.02. The van der Waals surface area contributed by atoms with Crippen molar-refractivity contribution < 1.29 is 13.9 Å². The Labute approximate surface area is 154 Å². The van der Waals surface area contributed by atoms with Gasteiger partial charge in [-0.15, -0.1) is 0 Å². The van der Waals surface area contributed by atoms with Gasteiger partial charge in [0.25, 0.3) is 0 Å². The van der Waals surface area contributed by atoms with Gasteiger partial charge in [-0.3, -0.25) is 9.36 Å². The number of carbonyl (C=O) groups is 1. The van der Waals surface area contributed by atoms with Crippen LogP contribution in [0, 0.1) is 6.92 Å². The lowest BCUT2D eigenvalue weighted by atomic mass is 10.1. The number of nitrogens with zero attached hydrogens (tertiary/aromatic N) is 3. The van der Waals surface area contributed by atoms with Gasteiger partial charge in [0, 0.05) is 24.4 Å². The fourth-order valence-corrected chi connectivity index (χ4v) is 2.68. The summed E-state index contributed by atoms with van der Waals surface area (Å²) in [6.07, 6.45) is 3.95. The minimum Gasteiger partial charge on any atom is -0.469 e. The highest BCUT2D eigenvalue weighted by molar-refractivity contribution is 6.42. The van der Waals surface area contributed by atoms with E-state index in [4.69, 9.17) is 32.4 Å². The van der Waals surface area contributed by atoms with Gasteiger partial charge < -0.3 is 9.15 Å². The monoisotopic (exact) mass is 379 g/mol. The van der Waals surface area contributed by atoms with E-state index < -0.39 is 0 Å². The van der Waals surface area contributed by atoms with E-state index in [1.165, 1.54) is 7.11 Å². The van der Waals surface area contributed by atoms with Gasteiger partial charge in [-0.1, -0.05) is 29.3 Å². The van der Waals surface area contributed by atoms with Crippen LogP contribution in [0.25, 0.3) is 17.3 Å². The van der Waals surface area contributed by atoms with Crippen molar-refractivity contribution in [2.24, 2.45) is 0 Å². The molecule has 0 spiro atoms. The molecule has 0 N–H and O–H groups in total. The molecule has 0 atom stereocenters. The second-order valence-electron chi connectivity index (χ2n) is 5.32. The molecular formula is C17H15Cl2N3O3. The molecule has 8 heteroatoms. The first-order valence-electron chi connectivity index (χ1n) is 7.52. The van der Waals surface area contributed by atoms with Gasteiger partial charge in [0.15, 0.2) is 0 Å². The molecule has 0 aliphatic carbocycles. The number of benzene rings is 1. The molecule has 1 aromatic carbocycles. The molecule has 3 rings (SSSR count). The molecule has 6 nitrogen and oxygen atoms in total. The summed E-state index contributed by atoms with van der Waals surface area (Å²) in [6.45, 7) is 1.84. The van der Waals surface area contributed by atoms with Crippen LogP contribution in [0.1, 0.15) is 18.0 Å². The third kappa shape index (κ3) is 3.70. The number of aryl methyl sites for hydroxylation is 2.